The van der Waals surface area contributed by atoms with E-state index in [2.05, 4.69) is 28.5 Å². The fraction of sp³-hybridized carbons (Fsp3) is 0.300. The monoisotopic (exact) mass is 381 g/mol. The summed E-state index contributed by atoms with van der Waals surface area (Å²) in [5, 5.41) is 12.4. The number of aryl methyl sites for hydroxylation is 2. The molecule has 1 amide bonds. The molecule has 6 nitrogen and oxygen atoms in total. The predicted molar refractivity (Wildman–Crippen MR) is 108 cm³/mol. The van der Waals surface area contributed by atoms with Crippen LogP contribution in [0.3, 0.4) is 0 Å². The minimum absolute atomic E-state index is 0.0314. The van der Waals surface area contributed by atoms with Crippen LogP contribution in [0.2, 0.25) is 0 Å². The van der Waals surface area contributed by atoms with Gasteiger partial charge in [-0.3, -0.25) is 4.79 Å². The van der Waals surface area contributed by atoms with Gasteiger partial charge in [0.1, 0.15) is 0 Å². The summed E-state index contributed by atoms with van der Waals surface area (Å²) in [6, 6.07) is 15.8. The van der Waals surface area contributed by atoms with E-state index in [1.54, 1.807) is 9.58 Å². The van der Waals surface area contributed by atoms with Crippen LogP contribution < -0.4 is 4.90 Å². The van der Waals surface area contributed by atoms with E-state index in [0.29, 0.717) is 11.7 Å². The Morgan fingerprint density at radius 2 is 1.93 bits per heavy atom. The third-order valence-electron chi connectivity index (χ3n) is 4.30. The number of nitrogens with zero attached hydrogens (tertiary/aromatic N) is 5. The van der Waals surface area contributed by atoms with Gasteiger partial charge in [0.15, 0.2) is 0 Å². The van der Waals surface area contributed by atoms with E-state index in [1.807, 2.05) is 63.2 Å². The zero-order valence-corrected chi connectivity index (χ0v) is 16.8. The van der Waals surface area contributed by atoms with Crippen LogP contribution in [-0.4, -0.2) is 37.9 Å². The van der Waals surface area contributed by atoms with Crippen LogP contribution in [0.4, 0.5) is 5.69 Å². The highest BCUT2D eigenvalue weighted by Crippen LogP contribution is 2.27. The maximum atomic E-state index is 13.0. The SMILES string of the molecule is CCN(C(=O)C(C)Sc1nnnn1-c1ccc(C)cc1C)c1ccccc1. The summed E-state index contributed by atoms with van der Waals surface area (Å²) in [6.07, 6.45) is 0. The van der Waals surface area contributed by atoms with Crippen molar-refractivity contribution in [3.63, 3.8) is 0 Å². The smallest absolute Gasteiger partial charge is 0.240 e. The number of hydrogen-bond acceptors (Lipinski definition) is 5. The number of anilines is 1. The van der Waals surface area contributed by atoms with E-state index < -0.39 is 0 Å². The molecule has 0 saturated carbocycles. The number of rotatable bonds is 6. The molecule has 0 bridgehead atoms. The molecule has 0 N–H and O–H groups in total. The van der Waals surface area contributed by atoms with Crippen molar-refractivity contribution in [1.29, 1.82) is 0 Å². The van der Waals surface area contributed by atoms with Gasteiger partial charge in [0.05, 0.1) is 10.9 Å². The summed E-state index contributed by atoms with van der Waals surface area (Å²) < 4.78 is 1.70. The second-order valence-corrected chi connectivity index (χ2v) is 7.65. The third-order valence-corrected chi connectivity index (χ3v) is 5.32. The number of carbonyl (C=O) groups excluding carboxylic acids is 1. The lowest BCUT2D eigenvalue weighted by molar-refractivity contribution is -0.117. The van der Waals surface area contributed by atoms with Crippen LogP contribution in [0.15, 0.2) is 53.7 Å². The highest BCUT2D eigenvalue weighted by molar-refractivity contribution is 8.00. The summed E-state index contributed by atoms with van der Waals surface area (Å²) in [7, 11) is 0. The van der Waals surface area contributed by atoms with E-state index in [9.17, 15) is 4.79 Å². The Labute approximate surface area is 163 Å². The van der Waals surface area contributed by atoms with E-state index in [4.69, 9.17) is 0 Å². The molecule has 0 saturated heterocycles. The van der Waals surface area contributed by atoms with E-state index >= 15 is 0 Å². The second kappa shape index (κ2) is 8.35. The molecule has 140 valence electrons. The highest BCUT2D eigenvalue weighted by atomic mass is 32.2. The summed E-state index contributed by atoms with van der Waals surface area (Å²) in [4.78, 5) is 14.8. The first kappa shape index (κ1) is 19.1. The number of tetrazole rings is 1. The summed E-state index contributed by atoms with van der Waals surface area (Å²) >= 11 is 1.37. The van der Waals surface area contributed by atoms with Crippen molar-refractivity contribution in [2.24, 2.45) is 0 Å². The first-order valence-corrected chi connectivity index (χ1v) is 9.78. The minimum Gasteiger partial charge on any atom is -0.312 e. The molecule has 3 aromatic rings. The Kier molecular flexibility index (Phi) is 5.91. The lowest BCUT2D eigenvalue weighted by Gasteiger charge is -2.24. The average molecular weight is 382 g/mol. The zero-order valence-electron chi connectivity index (χ0n) is 16.0. The molecule has 0 aliphatic heterocycles. The fourth-order valence-electron chi connectivity index (χ4n) is 2.95. The van der Waals surface area contributed by atoms with Crippen molar-refractivity contribution in [2.75, 3.05) is 11.4 Å². The van der Waals surface area contributed by atoms with Crippen molar-refractivity contribution < 1.29 is 4.79 Å². The molecule has 2 aromatic carbocycles. The van der Waals surface area contributed by atoms with Crippen LogP contribution in [0.25, 0.3) is 5.69 Å². The quantitative estimate of drug-likeness (QED) is 0.608. The molecule has 1 aromatic heterocycles. The van der Waals surface area contributed by atoms with Crippen LogP contribution in [0, 0.1) is 13.8 Å². The molecule has 0 radical (unpaired) electrons. The molecule has 7 heteroatoms. The largest absolute Gasteiger partial charge is 0.312 e. The van der Waals surface area contributed by atoms with E-state index in [1.165, 1.54) is 17.3 Å². The minimum atomic E-state index is -0.319. The van der Waals surface area contributed by atoms with Crippen molar-refractivity contribution in [3.05, 3.63) is 59.7 Å². The standard InChI is InChI=1S/C20H23N5OS/c1-5-24(17-9-7-6-8-10-17)19(26)16(4)27-20-21-22-23-25(20)18-12-11-14(2)13-15(18)3/h6-13,16H,5H2,1-4H3. The van der Waals surface area contributed by atoms with Gasteiger partial charge >= 0.3 is 0 Å². The van der Waals surface area contributed by atoms with Crippen molar-refractivity contribution in [2.45, 2.75) is 38.1 Å². The number of carbonyl (C=O) groups is 1. The maximum Gasteiger partial charge on any atom is 0.240 e. The average Bonchev–Trinajstić information content (AvgIpc) is 3.11. The van der Waals surface area contributed by atoms with Gasteiger partial charge in [-0.25, -0.2) is 0 Å². The molecule has 0 fully saturated rings. The molecule has 1 atom stereocenters. The van der Waals surface area contributed by atoms with Gasteiger partial charge in [-0.1, -0.05) is 47.7 Å². The van der Waals surface area contributed by atoms with Crippen molar-refractivity contribution in [3.8, 4) is 5.69 Å². The van der Waals surface area contributed by atoms with Crippen molar-refractivity contribution in [1.82, 2.24) is 20.2 Å². The summed E-state index contributed by atoms with van der Waals surface area (Å²) in [5.74, 6) is 0.0314. The number of benzene rings is 2. The first-order chi connectivity index (χ1) is 13.0. The van der Waals surface area contributed by atoms with Gasteiger partial charge < -0.3 is 4.90 Å². The number of hydrogen-bond donors (Lipinski definition) is 0. The van der Waals surface area contributed by atoms with Crippen LogP contribution in [0.5, 0.6) is 0 Å². The van der Waals surface area contributed by atoms with Gasteiger partial charge in [0.25, 0.3) is 0 Å². The molecule has 0 spiro atoms. The van der Waals surface area contributed by atoms with Crippen LogP contribution in [-0.2, 0) is 4.79 Å². The molecule has 27 heavy (non-hydrogen) atoms. The van der Waals surface area contributed by atoms with Gasteiger partial charge in [-0.05, 0) is 61.9 Å². The Balaban J connectivity index is 1.81. The van der Waals surface area contributed by atoms with Gasteiger partial charge in [0, 0.05) is 12.2 Å². The number of thioether (sulfide) groups is 1. The summed E-state index contributed by atoms with van der Waals surface area (Å²) in [5.41, 5.74) is 4.08. The molecule has 1 heterocycles. The highest BCUT2D eigenvalue weighted by Gasteiger charge is 2.24. The molecular formula is C20H23N5OS. The Morgan fingerprint density at radius 3 is 2.59 bits per heavy atom. The Bertz CT molecular complexity index is 925. The number of aromatic nitrogens is 4. The predicted octanol–water partition coefficient (Wildman–Crippen LogP) is 3.81. The molecule has 3 rings (SSSR count). The van der Waals surface area contributed by atoms with Gasteiger partial charge in [-0.2, -0.15) is 4.68 Å². The summed E-state index contributed by atoms with van der Waals surface area (Å²) in [6.45, 7) is 8.55. The number of para-hydroxylation sites is 1. The Hall–Kier alpha value is -2.67. The molecular weight excluding hydrogens is 358 g/mol. The van der Waals surface area contributed by atoms with Gasteiger partial charge in [0.2, 0.25) is 11.1 Å². The first-order valence-electron chi connectivity index (χ1n) is 8.90. The van der Waals surface area contributed by atoms with Crippen LogP contribution in [0.1, 0.15) is 25.0 Å². The topological polar surface area (TPSA) is 63.9 Å². The lowest BCUT2D eigenvalue weighted by atomic mass is 10.1. The lowest BCUT2D eigenvalue weighted by Crippen LogP contribution is -2.36. The van der Waals surface area contributed by atoms with E-state index in [-0.39, 0.29) is 11.2 Å². The van der Waals surface area contributed by atoms with E-state index in [0.717, 1.165) is 16.9 Å². The zero-order chi connectivity index (χ0) is 19.4. The number of amides is 1. The molecule has 0 aliphatic carbocycles. The van der Waals surface area contributed by atoms with Crippen molar-refractivity contribution >= 4 is 23.4 Å². The second-order valence-electron chi connectivity index (χ2n) is 6.34. The van der Waals surface area contributed by atoms with Gasteiger partial charge in [-0.15, -0.1) is 5.10 Å². The normalized spacial score (nSPS) is 12.0. The molecule has 0 aliphatic rings. The third kappa shape index (κ3) is 4.19. The molecule has 1 unspecified atom stereocenters. The Morgan fingerprint density at radius 1 is 1.19 bits per heavy atom. The van der Waals surface area contributed by atoms with Crippen LogP contribution >= 0.6 is 11.8 Å². The maximum absolute atomic E-state index is 13.0. The fourth-order valence-corrected chi connectivity index (χ4v) is 3.81.